The van der Waals surface area contributed by atoms with Crippen molar-refractivity contribution < 1.29 is 0 Å². The molecule has 0 aliphatic heterocycles. The highest BCUT2D eigenvalue weighted by atomic mass is 32.2. The van der Waals surface area contributed by atoms with E-state index in [9.17, 15) is 5.26 Å². The minimum absolute atomic E-state index is 0.574. The number of aryl methyl sites for hydroxylation is 3. The Labute approximate surface area is 127 Å². The smallest absolute Gasteiger partial charge is 0.126 e. The van der Waals surface area contributed by atoms with Crippen LogP contribution in [0.25, 0.3) is 0 Å². The van der Waals surface area contributed by atoms with Crippen LogP contribution in [0, 0.1) is 25.2 Å². The van der Waals surface area contributed by atoms with E-state index in [1.807, 2.05) is 13.8 Å². The first-order valence-corrected chi connectivity index (χ1v) is 8.32. The third-order valence-electron chi connectivity index (χ3n) is 2.70. The largest absolute Gasteiger partial charge is 0.245 e. The van der Waals surface area contributed by atoms with E-state index in [1.165, 1.54) is 5.01 Å². The summed E-state index contributed by atoms with van der Waals surface area (Å²) in [7, 11) is 0. The molecule has 0 atom stereocenters. The monoisotopic (exact) mass is 304 g/mol. The van der Waals surface area contributed by atoms with E-state index in [0.29, 0.717) is 11.4 Å². The average Bonchev–Trinajstić information content (AvgIpc) is 2.84. The number of thiazole rings is 1. The Kier molecular flexibility index (Phi) is 5.10. The molecule has 6 heteroatoms. The summed E-state index contributed by atoms with van der Waals surface area (Å²) in [4.78, 5) is 13.2. The highest BCUT2D eigenvalue weighted by Crippen LogP contribution is 2.26. The van der Waals surface area contributed by atoms with Crippen LogP contribution < -0.4 is 0 Å². The first-order valence-electron chi connectivity index (χ1n) is 6.45. The van der Waals surface area contributed by atoms with Crippen molar-refractivity contribution in [3.05, 3.63) is 33.2 Å². The number of nitrogens with zero attached hydrogens (tertiary/aromatic N) is 4. The molecule has 0 aromatic carbocycles. The van der Waals surface area contributed by atoms with Gasteiger partial charge in [-0.15, -0.1) is 11.3 Å². The molecule has 4 nitrogen and oxygen atoms in total. The molecular formula is C14H16N4S2. The van der Waals surface area contributed by atoms with Crippen molar-refractivity contribution >= 4 is 23.1 Å². The van der Waals surface area contributed by atoms with Crippen molar-refractivity contribution in [2.24, 2.45) is 0 Å². The Morgan fingerprint density at radius 1 is 1.30 bits per heavy atom. The molecule has 0 spiro atoms. The second kappa shape index (κ2) is 6.82. The molecule has 0 amide bonds. The lowest BCUT2D eigenvalue weighted by molar-refractivity contribution is 0.901. The quantitative estimate of drug-likeness (QED) is 0.623. The lowest BCUT2D eigenvalue weighted by Gasteiger charge is -2.05. The molecular weight excluding hydrogens is 288 g/mol. The Hall–Kier alpha value is -1.45. The molecule has 2 aromatic rings. The van der Waals surface area contributed by atoms with Gasteiger partial charge in [0.05, 0.1) is 16.4 Å². The summed E-state index contributed by atoms with van der Waals surface area (Å²) in [6.45, 7) is 5.85. The van der Waals surface area contributed by atoms with Gasteiger partial charge in [0, 0.05) is 11.1 Å². The van der Waals surface area contributed by atoms with Crippen LogP contribution in [0.1, 0.15) is 41.1 Å². The zero-order valence-electron chi connectivity index (χ0n) is 11.8. The summed E-state index contributed by atoms with van der Waals surface area (Å²) in [5.74, 6) is 1.44. The molecule has 0 saturated heterocycles. The topological polar surface area (TPSA) is 62.5 Å². The van der Waals surface area contributed by atoms with Crippen LogP contribution in [-0.2, 0) is 12.2 Å². The van der Waals surface area contributed by atoms with Gasteiger partial charge in [-0.1, -0.05) is 18.7 Å². The molecule has 20 heavy (non-hydrogen) atoms. The van der Waals surface area contributed by atoms with Crippen molar-refractivity contribution in [3.8, 4) is 6.07 Å². The van der Waals surface area contributed by atoms with Crippen LogP contribution in [0.5, 0.6) is 0 Å². The summed E-state index contributed by atoms with van der Waals surface area (Å²) in [5, 5.41) is 13.2. The highest BCUT2D eigenvalue weighted by Gasteiger charge is 2.11. The summed E-state index contributed by atoms with van der Waals surface area (Å²) >= 11 is 3.26. The third kappa shape index (κ3) is 3.56. The molecule has 2 rings (SSSR count). The maximum Gasteiger partial charge on any atom is 0.126 e. The third-order valence-corrected chi connectivity index (χ3v) is 4.67. The van der Waals surface area contributed by atoms with Crippen LogP contribution >= 0.6 is 23.1 Å². The Morgan fingerprint density at radius 2 is 2.10 bits per heavy atom. The van der Waals surface area contributed by atoms with Crippen molar-refractivity contribution in [1.82, 2.24) is 15.0 Å². The molecule has 0 radical (unpaired) electrons. The summed E-state index contributed by atoms with van der Waals surface area (Å²) < 4.78 is 0. The highest BCUT2D eigenvalue weighted by molar-refractivity contribution is 7.98. The van der Waals surface area contributed by atoms with Crippen molar-refractivity contribution in [2.75, 3.05) is 0 Å². The number of hydrogen-bond donors (Lipinski definition) is 0. The molecule has 0 aliphatic rings. The van der Waals surface area contributed by atoms with E-state index in [4.69, 9.17) is 0 Å². The zero-order chi connectivity index (χ0) is 14.5. The van der Waals surface area contributed by atoms with Gasteiger partial charge in [-0.2, -0.15) is 5.26 Å². The second-order valence-electron chi connectivity index (χ2n) is 4.42. The maximum absolute atomic E-state index is 9.20. The number of nitriles is 1. The van der Waals surface area contributed by atoms with E-state index in [-0.39, 0.29) is 0 Å². The van der Waals surface area contributed by atoms with Crippen LogP contribution in [0.3, 0.4) is 0 Å². The maximum atomic E-state index is 9.20. The summed E-state index contributed by atoms with van der Waals surface area (Å²) in [5.41, 5.74) is 2.37. The normalized spacial score (nSPS) is 10.5. The predicted octanol–water partition coefficient (Wildman–Crippen LogP) is 3.67. The number of hydrogen-bond acceptors (Lipinski definition) is 6. The van der Waals surface area contributed by atoms with E-state index >= 15 is 0 Å². The summed E-state index contributed by atoms with van der Waals surface area (Å²) in [6.07, 6.45) is 2.15. The number of thioether (sulfide) groups is 1. The van der Waals surface area contributed by atoms with Crippen LogP contribution in [0.2, 0.25) is 0 Å². The Bertz CT molecular complexity index is 643. The standard InChI is InChI=1S/C14H16N4S2/c1-4-5-13-18-11(7-19-13)8-20-14-12(6-15)9(2)16-10(3)17-14/h7H,4-5,8H2,1-3H3. The van der Waals surface area contributed by atoms with E-state index in [2.05, 4.69) is 33.3 Å². The molecule has 0 fully saturated rings. The van der Waals surface area contributed by atoms with Crippen molar-refractivity contribution in [1.29, 1.82) is 5.26 Å². The molecule has 104 valence electrons. The Morgan fingerprint density at radius 3 is 2.80 bits per heavy atom. The molecule has 0 saturated carbocycles. The minimum atomic E-state index is 0.574. The molecule has 0 unspecified atom stereocenters. The fourth-order valence-electron chi connectivity index (χ4n) is 1.80. The molecule has 2 heterocycles. The van der Waals surface area contributed by atoms with Crippen LogP contribution in [0.15, 0.2) is 10.4 Å². The molecule has 2 aromatic heterocycles. The second-order valence-corrected chi connectivity index (χ2v) is 6.33. The van der Waals surface area contributed by atoms with Gasteiger partial charge in [-0.3, -0.25) is 0 Å². The molecule has 0 aliphatic carbocycles. The van der Waals surface area contributed by atoms with E-state index in [0.717, 1.165) is 35.0 Å². The lowest BCUT2D eigenvalue weighted by atomic mass is 10.3. The van der Waals surface area contributed by atoms with Gasteiger partial charge in [0.2, 0.25) is 0 Å². The predicted molar refractivity (Wildman–Crippen MR) is 81.9 cm³/mol. The van der Waals surface area contributed by atoms with E-state index < -0.39 is 0 Å². The van der Waals surface area contributed by atoms with Crippen molar-refractivity contribution in [2.45, 2.75) is 44.4 Å². The van der Waals surface area contributed by atoms with E-state index in [1.54, 1.807) is 23.1 Å². The van der Waals surface area contributed by atoms with Gasteiger partial charge in [0.15, 0.2) is 0 Å². The molecule has 0 N–H and O–H groups in total. The fraction of sp³-hybridized carbons (Fsp3) is 0.429. The summed E-state index contributed by atoms with van der Waals surface area (Å²) in [6, 6.07) is 2.19. The first-order chi connectivity index (χ1) is 9.63. The minimum Gasteiger partial charge on any atom is -0.245 e. The van der Waals surface area contributed by atoms with Crippen LogP contribution in [-0.4, -0.2) is 15.0 Å². The zero-order valence-corrected chi connectivity index (χ0v) is 13.4. The number of aromatic nitrogens is 3. The molecule has 0 bridgehead atoms. The first kappa shape index (κ1) is 14.9. The average molecular weight is 304 g/mol. The van der Waals surface area contributed by atoms with Gasteiger partial charge in [-0.25, -0.2) is 15.0 Å². The van der Waals surface area contributed by atoms with Gasteiger partial charge in [0.25, 0.3) is 0 Å². The van der Waals surface area contributed by atoms with Gasteiger partial charge in [0.1, 0.15) is 22.5 Å². The number of rotatable bonds is 5. The van der Waals surface area contributed by atoms with Gasteiger partial charge in [-0.05, 0) is 26.7 Å². The van der Waals surface area contributed by atoms with Gasteiger partial charge < -0.3 is 0 Å². The van der Waals surface area contributed by atoms with Crippen LogP contribution in [0.4, 0.5) is 0 Å². The SMILES string of the molecule is CCCc1nc(CSc2nc(C)nc(C)c2C#N)cs1. The van der Waals surface area contributed by atoms with Crippen molar-refractivity contribution in [3.63, 3.8) is 0 Å². The fourth-order valence-corrected chi connectivity index (χ4v) is 3.77. The Balaban J connectivity index is 2.12. The van der Waals surface area contributed by atoms with Gasteiger partial charge >= 0.3 is 0 Å². The lowest BCUT2D eigenvalue weighted by Crippen LogP contribution is -1.99.